The minimum atomic E-state index is -2.60. The number of benzene rings is 2. The number of alkyl halides is 1. The molecule has 2 unspecified atom stereocenters. The highest BCUT2D eigenvalue weighted by molar-refractivity contribution is 8.00. The summed E-state index contributed by atoms with van der Waals surface area (Å²) in [5.41, 5.74) is 0.780. The van der Waals surface area contributed by atoms with E-state index in [2.05, 4.69) is 25.9 Å². The van der Waals surface area contributed by atoms with Crippen LogP contribution in [0.15, 0.2) is 36.7 Å². The van der Waals surface area contributed by atoms with Gasteiger partial charge in [0.05, 0.1) is 22.3 Å². The molecule has 0 aliphatic rings. The number of fused-ring (bicyclic) bond motifs is 1. The molecule has 154 valence electrons. The number of ether oxygens (including phenoxy) is 1. The van der Waals surface area contributed by atoms with E-state index in [0.717, 1.165) is 12.1 Å². The maximum absolute atomic E-state index is 14.8. The van der Waals surface area contributed by atoms with Crippen molar-refractivity contribution in [2.75, 3.05) is 23.0 Å². The van der Waals surface area contributed by atoms with Crippen LogP contribution >= 0.6 is 0 Å². The number of hydrogen-bond donors (Lipinski definition) is 2. The Morgan fingerprint density at radius 3 is 2.69 bits per heavy atom. The fourth-order valence-corrected chi connectivity index (χ4v) is 3.23. The average molecular weight is 424 g/mol. The molecule has 0 bridgehead atoms. The van der Waals surface area contributed by atoms with Crippen molar-refractivity contribution in [2.45, 2.75) is 13.0 Å². The lowest BCUT2D eigenvalue weighted by atomic mass is 10.2. The Labute approximate surface area is 166 Å². The first-order valence-corrected chi connectivity index (χ1v) is 10.6. The first-order chi connectivity index (χ1) is 13.7. The third-order valence-electron chi connectivity index (χ3n) is 3.77. The number of hydrogen-bond acceptors (Lipinski definition) is 5. The second kappa shape index (κ2) is 8.16. The van der Waals surface area contributed by atoms with Crippen molar-refractivity contribution in [2.24, 2.45) is 0 Å². The van der Waals surface area contributed by atoms with Gasteiger partial charge in [0.25, 0.3) is 0 Å². The molecule has 10 heteroatoms. The van der Waals surface area contributed by atoms with E-state index >= 15 is 0 Å². The van der Waals surface area contributed by atoms with Crippen LogP contribution in [0.2, 0.25) is 0 Å². The summed E-state index contributed by atoms with van der Waals surface area (Å²) in [6.07, 6.45) is 1.81. The molecular formula is C19H19F3N4O2S. The van der Waals surface area contributed by atoms with E-state index in [0.29, 0.717) is 0 Å². The van der Waals surface area contributed by atoms with E-state index in [1.807, 2.05) is 0 Å². The Kier molecular flexibility index (Phi) is 5.83. The minimum absolute atomic E-state index is 0.0587. The average Bonchev–Trinajstić information content (AvgIpc) is 2.62. The molecule has 3 aromatic rings. The van der Waals surface area contributed by atoms with Crippen molar-refractivity contribution in [3.63, 3.8) is 0 Å². The largest absolute Gasteiger partial charge is 0.486 e. The summed E-state index contributed by atoms with van der Waals surface area (Å²) in [4.78, 5) is 8.10. The topological polar surface area (TPSA) is 76.1 Å². The van der Waals surface area contributed by atoms with Gasteiger partial charge in [0.1, 0.15) is 42.3 Å². The van der Waals surface area contributed by atoms with Gasteiger partial charge in [-0.1, -0.05) is 0 Å². The summed E-state index contributed by atoms with van der Waals surface area (Å²) >= 11 is 0. The molecule has 6 nitrogen and oxygen atoms in total. The second-order valence-corrected chi connectivity index (χ2v) is 8.74. The number of halogens is 3. The van der Waals surface area contributed by atoms with E-state index in [9.17, 15) is 17.4 Å². The van der Waals surface area contributed by atoms with Crippen LogP contribution in [0, 0.1) is 11.6 Å². The first kappa shape index (κ1) is 20.7. The lowest BCUT2D eigenvalue weighted by Crippen LogP contribution is -2.15. The first-order valence-electron chi connectivity index (χ1n) is 8.49. The molecule has 1 aromatic heterocycles. The number of anilines is 3. The van der Waals surface area contributed by atoms with Crippen LogP contribution in [0.3, 0.4) is 0 Å². The van der Waals surface area contributed by atoms with Gasteiger partial charge in [0, 0.05) is 22.0 Å². The van der Waals surface area contributed by atoms with Gasteiger partial charge in [-0.05, 0) is 37.1 Å². The molecule has 3 rings (SSSR count). The number of aromatic nitrogens is 2. The van der Waals surface area contributed by atoms with Crippen LogP contribution in [0.25, 0.3) is 10.9 Å². The number of nitrogens with one attached hydrogen (secondary N) is 2. The van der Waals surface area contributed by atoms with Crippen molar-refractivity contribution < 1.29 is 22.1 Å². The van der Waals surface area contributed by atoms with Crippen LogP contribution in [0.4, 0.5) is 30.4 Å². The van der Waals surface area contributed by atoms with E-state index in [4.69, 9.17) is 4.74 Å². The Morgan fingerprint density at radius 1 is 1.24 bits per heavy atom. The Hall–Kier alpha value is -3.01. The van der Waals surface area contributed by atoms with Gasteiger partial charge in [-0.15, -0.1) is 0 Å². The highest BCUT2D eigenvalue weighted by Gasteiger charge is 2.15. The maximum Gasteiger partial charge on any atom is 0.146 e. The van der Waals surface area contributed by atoms with Gasteiger partial charge in [-0.25, -0.2) is 27.3 Å². The number of nitrogens with zero attached hydrogens (tertiary/aromatic N) is 2. The fraction of sp³-hybridized carbons (Fsp3) is 0.211. The molecule has 2 atom stereocenters. The van der Waals surface area contributed by atoms with Crippen molar-refractivity contribution in [3.05, 3.63) is 48.3 Å². The summed E-state index contributed by atoms with van der Waals surface area (Å²) in [6.45, 7) is 0.737. The molecule has 29 heavy (non-hydrogen) atoms. The number of rotatable bonds is 7. The second-order valence-electron chi connectivity index (χ2n) is 6.53. The zero-order valence-corrected chi connectivity index (χ0v) is 16.5. The standard InChI is InChI=1S/C19H19F3N4O2S/c1-11(9-20)28-17-6-12(21)4-5-15(17)25-19-18-14(22)7-13(26-29(2,3)27)8-16(18)23-10-24-19/h4-8,10-11H,2,9H2,1,3H3,(H,26,27)(H,23,24,25). The minimum Gasteiger partial charge on any atom is -0.486 e. The summed E-state index contributed by atoms with van der Waals surface area (Å²) in [5.74, 6) is 2.40. The zero-order chi connectivity index (χ0) is 21.2. The van der Waals surface area contributed by atoms with Gasteiger partial charge in [0.15, 0.2) is 0 Å². The smallest absolute Gasteiger partial charge is 0.146 e. The molecule has 0 amide bonds. The van der Waals surface area contributed by atoms with Gasteiger partial charge < -0.3 is 14.8 Å². The third-order valence-corrected chi connectivity index (χ3v) is 4.43. The molecule has 0 radical (unpaired) electrons. The van der Waals surface area contributed by atoms with Crippen LogP contribution in [-0.4, -0.2) is 39.1 Å². The van der Waals surface area contributed by atoms with Crippen LogP contribution in [0.5, 0.6) is 5.75 Å². The van der Waals surface area contributed by atoms with Crippen LogP contribution in [0.1, 0.15) is 6.92 Å². The summed E-state index contributed by atoms with van der Waals surface area (Å²) < 4.78 is 61.1. The quantitative estimate of drug-likeness (QED) is 0.560. The highest BCUT2D eigenvalue weighted by atomic mass is 32.2. The van der Waals surface area contributed by atoms with E-state index < -0.39 is 34.1 Å². The molecule has 0 fully saturated rings. The van der Waals surface area contributed by atoms with Crippen molar-refractivity contribution in [1.82, 2.24) is 9.97 Å². The fourth-order valence-electron chi connectivity index (χ4n) is 2.62. The van der Waals surface area contributed by atoms with Gasteiger partial charge in [0.2, 0.25) is 0 Å². The van der Waals surface area contributed by atoms with Crippen LogP contribution < -0.4 is 14.8 Å². The van der Waals surface area contributed by atoms with Gasteiger partial charge in [-0.2, -0.15) is 0 Å². The molecule has 0 spiro atoms. The lowest BCUT2D eigenvalue weighted by Gasteiger charge is -2.17. The Balaban J connectivity index is 2.03. The van der Waals surface area contributed by atoms with Crippen molar-refractivity contribution in [3.8, 4) is 5.75 Å². The summed E-state index contributed by atoms with van der Waals surface area (Å²) in [5, 5.41) is 2.95. The summed E-state index contributed by atoms with van der Waals surface area (Å²) in [6, 6.07) is 6.32. The van der Waals surface area contributed by atoms with Crippen LogP contribution in [-0.2, 0) is 9.71 Å². The summed E-state index contributed by atoms with van der Waals surface area (Å²) in [7, 11) is -2.60. The molecule has 2 N–H and O–H groups in total. The zero-order valence-electron chi connectivity index (χ0n) is 15.7. The molecule has 2 aromatic carbocycles. The maximum atomic E-state index is 14.8. The molecule has 0 aliphatic carbocycles. The lowest BCUT2D eigenvalue weighted by molar-refractivity contribution is 0.182. The van der Waals surface area contributed by atoms with E-state index in [-0.39, 0.29) is 33.8 Å². The SMILES string of the molecule is C=S(C)(=O)Nc1cc(F)c2c(Nc3ccc(F)cc3OC(C)CF)ncnc2c1. The van der Waals surface area contributed by atoms with Gasteiger partial charge in [-0.3, -0.25) is 0 Å². The Morgan fingerprint density at radius 2 is 2.00 bits per heavy atom. The van der Waals surface area contributed by atoms with E-state index in [1.54, 1.807) is 0 Å². The molecule has 0 saturated heterocycles. The monoisotopic (exact) mass is 424 g/mol. The predicted molar refractivity (Wildman–Crippen MR) is 110 cm³/mol. The Bertz CT molecular complexity index is 1160. The molecule has 0 saturated carbocycles. The van der Waals surface area contributed by atoms with Crippen molar-refractivity contribution in [1.29, 1.82) is 0 Å². The molecule has 1 heterocycles. The van der Waals surface area contributed by atoms with Crippen molar-refractivity contribution >= 4 is 43.7 Å². The highest BCUT2D eigenvalue weighted by Crippen LogP contribution is 2.33. The third kappa shape index (κ3) is 5.08. The molecular weight excluding hydrogens is 405 g/mol. The predicted octanol–water partition coefficient (Wildman–Crippen LogP) is 4.06. The normalized spacial score (nSPS) is 14.2. The molecule has 0 aliphatic heterocycles. The van der Waals surface area contributed by atoms with E-state index in [1.165, 1.54) is 37.7 Å². The van der Waals surface area contributed by atoms with Gasteiger partial charge >= 0.3 is 0 Å².